The maximum atomic E-state index is 12.6. The van der Waals surface area contributed by atoms with Gasteiger partial charge in [0.1, 0.15) is 11.9 Å². The maximum Gasteiger partial charge on any atom is 0.255 e. The molecule has 0 radical (unpaired) electrons. The van der Waals surface area contributed by atoms with Gasteiger partial charge in [0.05, 0.1) is 7.11 Å². The third kappa shape index (κ3) is 4.04. The second kappa shape index (κ2) is 8.04. The highest BCUT2D eigenvalue weighted by atomic mass is 35.5. The first-order valence-corrected chi connectivity index (χ1v) is 8.44. The van der Waals surface area contributed by atoms with E-state index in [0.717, 1.165) is 0 Å². The van der Waals surface area contributed by atoms with Gasteiger partial charge < -0.3 is 15.2 Å². The van der Waals surface area contributed by atoms with Gasteiger partial charge in [-0.05, 0) is 42.0 Å². The number of methoxy groups -OCH3 is 1. The third-order valence-corrected chi connectivity index (χ3v) is 4.27. The molecule has 3 aromatic carbocycles. The zero-order valence-electron chi connectivity index (χ0n) is 14.1. The van der Waals surface area contributed by atoms with E-state index in [1.807, 2.05) is 6.07 Å². The highest BCUT2D eigenvalue weighted by molar-refractivity contribution is 6.30. The summed E-state index contributed by atoms with van der Waals surface area (Å²) in [6, 6.07) is 21.0. The second-order valence-electron chi connectivity index (χ2n) is 5.73. The molecule has 0 bridgehead atoms. The fourth-order valence-corrected chi connectivity index (χ4v) is 2.76. The number of carbonyl (C=O) groups is 1. The number of carbonyl (C=O) groups excluding carboxylic acids is 1. The van der Waals surface area contributed by atoms with Crippen LogP contribution >= 0.6 is 11.6 Å². The molecule has 132 valence electrons. The summed E-state index contributed by atoms with van der Waals surface area (Å²) in [5.74, 6) is 0.326. The summed E-state index contributed by atoms with van der Waals surface area (Å²) in [4.78, 5) is 12.6. The molecular formula is C21H18ClNO3. The normalized spacial score (nSPS) is 11.7. The molecule has 0 heterocycles. The van der Waals surface area contributed by atoms with Crippen LogP contribution in [0.3, 0.4) is 0 Å². The number of hydrogen-bond donors (Lipinski definition) is 2. The number of aliphatic hydroxyl groups excluding tert-OH is 1. The second-order valence-corrected chi connectivity index (χ2v) is 6.16. The van der Waals surface area contributed by atoms with Gasteiger partial charge in [-0.2, -0.15) is 0 Å². The topological polar surface area (TPSA) is 58.6 Å². The van der Waals surface area contributed by atoms with Crippen LogP contribution in [0.25, 0.3) is 0 Å². The minimum atomic E-state index is -0.880. The lowest BCUT2D eigenvalue weighted by Gasteiger charge is -2.17. The number of benzene rings is 3. The first kappa shape index (κ1) is 18.0. The van der Waals surface area contributed by atoms with Crippen molar-refractivity contribution < 1.29 is 14.6 Å². The number of rotatable bonds is 5. The van der Waals surface area contributed by atoms with E-state index in [0.29, 0.717) is 33.1 Å². The summed E-state index contributed by atoms with van der Waals surface area (Å²) >= 11 is 5.91. The molecule has 3 aromatic rings. The van der Waals surface area contributed by atoms with Crippen LogP contribution in [0.1, 0.15) is 27.6 Å². The van der Waals surface area contributed by atoms with Gasteiger partial charge in [-0.25, -0.2) is 0 Å². The van der Waals surface area contributed by atoms with Crippen molar-refractivity contribution in [2.24, 2.45) is 0 Å². The lowest BCUT2D eigenvalue weighted by Crippen LogP contribution is -2.14. The predicted octanol–water partition coefficient (Wildman–Crippen LogP) is 4.68. The van der Waals surface area contributed by atoms with Crippen molar-refractivity contribution in [2.45, 2.75) is 6.10 Å². The predicted molar refractivity (Wildman–Crippen MR) is 103 cm³/mol. The van der Waals surface area contributed by atoms with E-state index in [1.54, 1.807) is 73.8 Å². The lowest BCUT2D eigenvalue weighted by atomic mass is 9.99. The van der Waals surface area contributed by atoms with Crippen LogP contribution in [0.5, 0.6) is 5.75 Å². The molecule has 0 saturated heterocycles. The molecule has 0 aliphatic carbocycles. The van der Waals surface area contributed by atoms with E-state index in [9.17, 15) is 9.90 Å². The number of ether oxygens (including phenoxy) is 1. The zero-order chi connectivity index (χ0) is 18.5. The van der Waals surface area contributed by atoms with Gasteiger partial charge in [-0.3, -0.25) is 4.79 Å². The Morgan fingerprint density at radius 3 is 2.50 bits per heavy atom. The van der Waals surface area contributed by atoms with Crippen molar-refractivity contribution in [3.05, 3.63) is 94.5 Å². The van der Waals surface area contributed by atoms with Gasteiger partial charge in [0.15, 0.2) is 0 Å². The number of aliphatic hydroxyl groups is 1. The minimum absolute atomic E-state index is 0.278. The molecule has 3 rings (SSSR count). The number of anilines is 1. The molecule has 0 fully saturated rings. The van der Waals surface area contributed by atoms with Crippen molar-refractivity contribution in [1.29, 1.82) is 0 Å². The van der Waals surface area contributed by atoms with E-state index in [2.05, 4.69) is 5.32 Å². The summed E-state index contributed by atoms with van der Waals surface area (Å²) in [5, 5.41) is 14.2. The molecule has 1 atom stereocenters. The first-order valence-electron chi connectivity index (χ1n) is 8.06. The van der Waals surface area contributed by atoms with E-state index < -0.39 is 6.10 Å². The first-order chi connectivity index (χ1) is 12.6. The molecule has 0 aliphatic heterocycles. The summed E-state index contributed by atoms with van der Waals surface area (Å²) < 4.78 is 5.15. The quantitative estimate of drug-likeness (QED) is 0.688. The van der Waals surface area contributed by atoms with Crippen molar-refractivity contribution >= 4 is 23.2 Å². The van der Waals surface area contributed by atoms with E-state index in [1.165, 1.54) is 0 Å². The Morgan fingerprint density at radius 1 is 1.04 bits per heavy atom. The number of hydrogen-bond acceptors (Lipinski definition) is 3. The van der Waals surface area contributed by atoms with Crippen LogP contribution in [0, 0.1) is 0 Å². The smallest absolute Gasteiger partial charge is 0.255 e. The molecule has 0 spiro atoms. The Morgan fingerprint density at radius 2 is 1.77 bits per heavy atom. The minimum Gasteiger partial charge on any atom is -0.497 e. The number of para-hydroxylation sites is 1. The number of amides is 1. The van der Waals surface area contributed by atoms with E-state index in [-0.39, 0.29) is 5.91 Å². The Bertz CT molecular complexity index is 909. The van der Waals surface area contributed by atoms with Crippen LogP contribution < -0.4 is 10.1 Å². The highest BCUT2D eigenvalue weighted by Gasteiger charge is 2.16. The Hall–Kier alpha value is -2.82. The fraction of sp³-hybridized carbons (Fsp3) is 0.0952. The standard InChI is InChI=1S/C21H18ClNO3/c1-26-17-6-4-5-15(13-17)21(25)23-19-8-3-2-7-18(19)20(24)14-9-11-16(22)12-10-14/h2-13,20,24H,1H3,(H,23,25). The average molecular weight is 368 g/mol. The molecule has 0 saturated carbocycles. The average Bonchev–Trinajstić information content (AvgIpc) is 2.68. The largest absolute Gasteiger partial charge is 0.497 e. The van der Waals surface area contributed by atoms with Crippen LogP contribution in [0.2, 0.25) is 5.02 Å². The van der Waals surface area contributed by atoms with Gasteiger partial charge in [0, 0.05) is 21.8 Å². The Balaban J connectivity index is 1.87. The third-order valence-electron chi connectivity index (χ3n) is 4.02. The fourth-order valence-electron chi connectivity index (χ4n) is 2.63. The lowest BCUT2D eigenvalue weighted by molar-refractivity contribution is 0.102. The maximum absolute atomic E-state index is 12.6. The Labute approximate surface area is 157 Å². The monoisotopic (exact) mass is 367 g/mol. The zero-order valence-corrected chi connectivity index (χ0v) is 14.9. The van der Waals surface area contributed by atoms with Crippen molar-refractivity contribution in [1.82, 2.24) is 0 Å². The molecule has 1 amide bonds. The number of nitrogens with one attached hydrogen (secondary N) is 1. The van der Waals surface area contributed by atoms with Crippen LogP contribution in [0.15, 0.2) is 72.8 Å². The van der Waals surface area contributed by atoms with Crippen LogP contribution in [-0.2, 0) is 0 Å². The van der Waals surface area contributed by atoms with Crippen molar-refractivity contribution in [3.63, 3.8) is 0 Å². The Kier molecular flexibility index (Phi) is 5.56. The van der Waals surface area contributed by atoms with Crippen molar-refractivity contribution in [2.75, 3.05) is 12.4 Å². The van der Waals surface area contributed by atoms with Crippen LogP contribution in [-0.4, -0.2) is 18.1 Å². The molecule has 26 heavy (non-hydrogen) atoms. The summed E-state index contributed by atoms with van der Waals surface area (Å²) in [6.07, 6.45) is -0.880. The highest BCUT2D eigenvalue weighted by Crippen LogP contribution is 2.29. The summed E-state index contributed by atoms with van der Waals surface area (Å²) in [5.41, 5.74) is 2.31. The van der Waals surface area contributed by atoms with Gasteiger partial charge in [-0.15, -0.1) is 0 Å². The summed E-state index contributed by atoms with van der Waals surface area (Å²) in [6.45, 7) is 0. The van der Waals surface area contributed by atoms with E-state index in [4.69, 9.17) is 16.3 Å². The molecule has 1 unspecified atom stereocenters. The molecule has 0 aromatic heterocycles. The molecule has 4 nitrogen and oxygen atoms in total. The van der Waals surface area contributed by atoms with Gasteiger partial charge in [0.25, 0.3) is 5.91 Å². The van der Waals surface area contributed by atoms with Gasteiger partial charge in [-0.1, -0.05) is 48.0 Å². The molecule has 5 heteroatoms. The SMILES string of the molecule is COc1cccc(C(=O)Nc2ccccc2C(O)c2ccc(Cl)cc2)c1. The number of halogens is 1. The van der Waals surface area contributed by atoms with Crippen molar-refractivity contribution in [3.8, 4) is 5.75 Å². The molecule has 0 aliphatic rings. The molecular weight excluding hydrogens is 350 g/mol. The van der Waals surface area contributed by atoms with Gasteiger partial charge >= 0.3 is 0 Å². The summed E-state index contributed by atoms with van der Waals surface area (Å²) in [7, 11) is 1.55. The van der Waals surface area contributed by atoms with Gasteiger partial charge in [0.2, 0.25) is 0 Å². The van der Waals surface area contributed by atoms with E-state index >= 15 is 0 Å². The molecule has 2 N–H and O–H groups in total. The van der Waals surface area contributed by atoms with Crippen LogP contribution in [0.4, 0.5) is 5.69 Å².